The minimum absolute atomic E-state index is 0.258. The highest BCUT2D eigenvalue weighted by atomic mass is 35.5. The number of esters is 1. The van der Waals surface area contributed by atoms with Gasteiger partial charge >= 0.3 is 5.97 Å². The topological polar surface area (TPSA) is 92.1 Å². The summed E-state index contributed by atoms with van der Waals surface area (Å²) in [5.74, 6) is -1.21. The van der Waals surface area contributed by atoms with Crippen molar-refractivity contribution >= 4 is 40.5 Å². The van der Waals surface area contributed by atoms with Crippen molar-refractivity contribution in [2.45, 2.75) is 6.92 Å². The van der Waals surface area contributed by atoms with Crippen molar-refractivity contribution in [2.75, 3.05) is 11.9 Å². The first-order valence-corrected chi connectivity index (χ1v) is 9.37. The quantitative estimate of drug-likeness (QED) is 0.626. The maximum absolute atomic E-state index is 12.5. The first-order valence-electron chi connectivity index (χ1n) is 8.17. The van der Waals surface area contributed by atoms with Crippen molar-refractivity contribution < 1.29 is 14.3 Å². The molecule has 0 atom stereocenters. The Labute approximate surface area is 170 Å². The Hall–Kier alpha value is -3.21. The van der Waals surface area contributed by atoms with Gasteiger partial charge in [-0.25, -0.2) is 9.78 Å². The number of ether oxygens (including phenoxy) is 1. The Balaban J connectivity index is 1.69. The van der Waals surface area contributed by atoms with Gasteiger partial charge in [-0.05, 0) is 25.1 Å². The predicted octanol–water partition coefficient (Wildman–Crippen LogP) is 4.44. The van der Waals surface area contributed by atoms with Crippen molar-refractivity contribution in [1.82, 2.24) is 4.98 Å². The molecule has 2 aromatic carbocycles. The molecule has 0 aliphatic heterocycles. The highest BCUT2D eigenvalue weighted by Gasteiger charge is 2.20. The van der Waals surface area contributed by atoms with Crippen LogP contribution in [0.3, 0.4) is 0 Å². The molecule has 140 valence electrons. The third kappa shape index (κ3) is 4.55. The second-order valence-corrected chi connectivity index (χ2v) is 7.34. The lowest BCUT2D eigenvalue weighted by atomic mass is 10.1. The van der Waals surface area contributed by atoms with E-state index in [1.54, 1.807) is 13.0 Å². The Morgan fingerprint density at radius 2 is 2.00 bits per heavy atom. The van der Waals surface area contributed by atoms with E-state index in [1.165, 1.54) is 23.5 Å². The van der Waals surface area contributed by atoms with E-state index in [0.717, 1.165) is 5.56 Å². The smallest absolute Gasteiger partial charge is 0.351 e. The van der Waals surface area contributed by atoms with E-state index in [9.17, 15) is 9.59 Å². The average Bonchev–Trinajstić information content (AvgIpc) is 3.09. The lowest BCUT2D eigenvalue weighted by molar-refractivity contribution is -0.119. The molecule has 0 saturated carbocycles. The standard InChI is InChI=1S/C20H14ClN3O3S/c1-12-23-18(13-5-3-2-4-6-13)19(28-12)20(26)27-11-17(25)24-16-9-15(21)8-7-14(16)10-22/h2-9H,11H2,1H3,(H,24,25). The van der Waals surface area contributed by atoms with Crippen molar-refractivity contribution in [3.05, 3.63) is 69.0 Å². The molecule has 3 rings (SSSR count). The summed E-state index contributed by atoms with van der Waals surface area (Å²) < 4.78 is 5.14. The lowest BCUT2D eigenvalue weighted by Gasteiger charge is -2.08. The number of halogens is 1. The molecule has 0 bridgehead atoms. The molecule has 0 fully saturated rings. The van der Waals surface area contributed by atoms with Gasteiger partial charge in [0.05, 0.1) is 22.0 Å². The molecule has 0 radical (unpaired) electrons. The van der Waals surface area contributed by atoms with Crippen molar-refractivity contribution in [2.24, 2.45) is 0 Å². The van der Waals surface area contributed by atoms with Gasteiger partial charge < -0.3 is 10.1 Å². The third-order valence-corrected chi connectivity index (χ3v) is 4.86. The van der Waals surface area contributed by atoms with Crippen molar-refractivity contribution in [3.8, 4) is 17.3 Å². The van der Waals surface area contributed by atoms with Crippen LogP contribution in [-0.2, 0) is 9.53 Å². The van der Waals surface area contributed by atoms with E-state index in [4.69, 9.17) is 21.6 Å². The van der Waals surface area contributed by atoms with E-state index in [-0.39, 0.29) is 11.3 Å². The molecular formula is C20H14ClN3O3S. The fraction of sp³-hybridized carbons (Fsp3) is 0.100. The molecular weight excluding hydrogens is 398 g/mol. The van der Waals surface area contributed by atoms with Gasteiger partial charge in [0.1, 0.15) is 10.9 Å². The minimum atomic E-state index is -0.633. The zero-order valence-corrected chi connectivity index (χ0v) is 16.3. The Kier molecular flexibility index (Phi) is 6.04. The van der Waals surface area contributed by atoms with Crippen LogP contribution in [0.15, 0.2) is 48.5 Å². The normalized spacial score (nSPS) is 10.2. The summed E-state index contributed by atoms with van der Waals surface area (Å²) in [5, 5.41) is 12.7. The zero-order valence-electron chi connectivity index (χ0n) is 14.7. The number of carbonyl (C=O) groups excluding carboxylic acids is 2. The minimum Gasteiger partial charge on any atom is -0.451 e. The number of hydrogen-bond donors (Lipinski definition) is 1. The summed E-state index contributed by atoms with van der Waals surface area (Å²) in [4.78, 5) is 29.3. The second-order valence-electron chi connectivity index (χ2n) is 5.70. The molecule has 28 heavy (non-hydrogen) atoms. The maximum atomic E-state index is 12.5. The van der Waals surface area contributed by atoms with Crippen LogP contribution < -0.4 is 5.32 Å². The van der Waals surface area contributed by atoms with E-state index < -0.39 is 18.5 Å². The van der Waals surface area contributed by atoms with Gasteiger partial charge in [-0.15, -0.1) is 11.3 Å². The largest absolute Gasteiger partial charge is 0.451 e. The number of aryl methyl sites for hydroxylation is 1. The molecule has 0 aliphatic carbocycles. The zero-order chi connectivity index (χ0) is 20.1. The van der Waals surface area contributed by atoms with Gasteiger partial charge in [0.25, 0.3) is 5.91 Å². The number of carbonyl (C=O) groups is 2. The van der Waals surface area contributed by atoms with Gasteiger partial charge in [0.2, 0.25) is 0 Å². The Bertz CT molecular complexity index is 1070. The van der Waals surface area contributed by atoms with Crippen LogP contribution in [0.5, 0.6) is 0 Å². The molecule has 8 heteroatoms. The van der Waals surface area contributed by atoms with Gasteiger partial charge in [0.15, 0.2) is 6.61 Å². The Morgan fingerprint density at radius 3 is 2.71 bits per heavy atom. The molecule has 0 aliphatic rings. The van der Waals surface area contributed by atoms with Crippen molar-refractivity contribution in [1.29, 1.82) is 5.26 Å². The molecule has 0 spiro atoms. The molecule has 1 N–H and O–H groups in total. The van der Waals surface area contributed by atoms with Crippen molar-refractivity contribution in [3.63, 3.8) is 0 Å². The number of aromatic nitrogens is 1. The molecule has 3 aromatic rings. The Morgan fingerprint density at radius 1 is 1.25 bits per heavy atom. The van der Waals surface area contributed by atoms with Crippen LogP contribution in [0.1, 0.15) is 20.2 Å². The van der Waals surface area contributed by atoms with Gasteiger partial charge in [0, 0.05) is 10.6 Å². The lowest BCUT2D eigenvalue weighted by Crippen LogP contribution is -2.21. The van der Waals surface area contributed by atoms with E-state index in [0.29, 0.717) is 20.6 Å². The maximum Gasteiger partial charge on any atom is 0.351 e. The van der Waals surface area contributed by atoms with E-state index >= 15 is 0 Å². The van der Waals surface area contributed by atoms with Gasteiger partial charge in [-0.1, -0.05) is 41.9 Å². The first-order chi connectivity index (χ1) is 13.5. The molecule has 1 aromatic heterocycles. The van der Waals surface area contributed by atoms with Crippen LogP contribution in [-0.4, -0.2) is 23.5 Å². The monoisotopic (exact) mass is 411 g/mol. The number of amides is 1. The van der Waals surface area contributed by atoms with Crippen LogP contribution in [0.25, 0.3) is 11.3 Å². The van der Waals surface area contributed by atoms with Crippen LogP contribution >= 0.6 is 22.9 Å². The number of anilines is 1. The first kappa shape index (κ1) is 19.5. The summed E-state index contributed by atoms with van der Waals surface area (Å²) in [7, 11) is 0. The number of benzene rings is 2. The predicted molar refractivity (Wildman–Crippen MR) is 107 cm³/mol. The average molecular weight is 412 g/mol. The van der Waals surface area contributed by atoms with E-state index in [1.807, 2.05) is 36.4 Å². The summed E-state index contributed by atoms with van der Waals surface area (Å²) in [5.41, 5.74) is 1.83. The number of rotatable bonds is 5. The van der Waals surface area contributed by atoms with Crippen LogP contribution in [0.2, 0.25) is 5.02 Å². The number of nitriles is 1. The fourth-order valence-corrected chi connectivity index (χ4v) is 3.46. The molecule has 0 unspecified atom stereocenters. The number of hydrogen-bond acceptors (Lipinski definition) is 6. The number of nitrogens with one attached hydrogen (secondary N) is 1. The van der Waals surface area contributed by atoms with Crippen LogP contribution in [0.4, 0.5) is 5.69 Å². The summed E-state index contributed by atoms with van der Waals surface area (Å²) in [6, 6.07) is 15.7. The molecule has 6 nitrogen and oxygen atoms in total. The summed E-state index contributed by atoms with van der Waals surface area (Å²) >= 11 is 7.09. The summed E-state index contributed by atoms with van der Waals surface area (Å²) in [6.45, 7) is 1.30. The molecule has 0 saturated heterocycles. The van der Waals surface area contributed by atoms with Gasteiger partial charge in [-0.2, -0.15) is 5.26 Å². The number of thiazole rings is 1. The summed E-state index contributed by atoms with van der Waals surface area (Å²) in [6.07, 6.45) is 0. The fourth-order valence-electron chi connectivity index (χ4n) is 2.46. The van der Waals surface area contributed by atoms with Crippen LogP contribution in [0, 0.1) is 18.3 Å². The van der Waals surface area contributed by atoms with Gasteiger partial charge in [-0.3, -0.25) is 4.79 Å². The second kappa shape index (κ2) is 8.65. The molecule has 1 heterocycles. The third-order valence-electron chi connectivity index (χ3n) is 3.68. The number of nitrogens with zero attached hydrogens (tertiary/aromatic N) is 2. The highest BCUT2D eigenvalue weighted by molar-refractivity contribution is 7.14. The van der Waals surface area contributed by atoms with E-state index in [2.05, 4.69) is 10.3 Å². The molecule has 1 amide bonds. The highest BCUT2D eigenvalue weighted by Crippen LogP contribution is 2.28. The SMILES string of the molecule is Cc1nc(-c2ccccc2)c(C(=O)OCC(=O)Nc2cc(Cl)ccc2C#N)s1.